The van der Waals surface area contributed by atoms with Gasteiger partial charge in [-0.05, 0) is 55.8 Å². The summed E-state index contributed by atoms with van der Waals surface area (Å²) >= 11 is 3.39. The summed E-state index contributed by atoms with van der Waals surface area (Å²) in [6, 6.07) is 12.0. The zero-order valence-electron chi connectivity index (χ0n) is 11.9. The summed E-state index contributed by atoms with van der Waals surface area (Å²) in [6.07, 6.45) is 0. The van der Waals surface area contributed by atoms with Crippen LogP contribution < -0.4 is 10.0 Å². The molecular weight excluding hydrogens is 352 g/mol. The molecule has 21 heavy (non-hydrogen) atoms. The molecule has 0 aliphatic heterocycles. The van der Waals surface area contributed by atoms with Gasteiger partial charge in [0.05, 0.1) is 4.90 Å². The molecule has 0 spiro atoms. The van der Waals surface area contributed by atoms with Crippen molar-refractivity contribution in [2.24, 2.45) is 0 Å². The van der Waals surface area contributed by atoms with Gasteiger partial charge in [-0.1, -0.05) is 22.0 Å². The predicted molar refractivity (Wildman–Crippen MR) is 90.3 cm³/mol. The molecule has 0 aliphatic rings. The Morgan fingerprint density at radius 1 is 1.05 bits per heavy atom. The second kappa shape index (κ2) is 6.49. The molecular formula is C15H17BrN2O2S. The fourth-order valence-electron chi connectivity index (χ4n) is 1.83. The van der Waals surface area contributed by atoms with Crippen LogP contribution in [0.15, 0.2) is 51.8 Å². The Morgan fingerprint density at radius 3 is 2.24 bits per heavy atom. The lowest BCUT2D eigenvalue weighted by atomic mass is 10.2. The Kier molecular flexibility index (Phi) is 4.90. The molecule has 0 saturated heterocycles. The summed E-state index contributed by atoms with van der Waals surface area (Å²) in [7, 11) is -3.57. The van der Waals surface area contributed by atoms with Crippen molar-refractivity contribution in [3.63, 3.8) is 0 Å². The minimum Gasteiger partial charge on any atom is -0.385 e. The highest BCUT2D eigenvalue weighted by molar-refractivity contribution is 9.10. The monoisotopic (exact) mass is 368 g/mol. The molecule has 112 valence electrons. The van der Waals surface area contributed by atoms with E-state index in [1.165, 1.54) is 0 Å². The number of sulfonamides is 1. The third-order valence-electron chi connectivity index (χ3n) is 2.97. The summed E-state index contributed by atoms with van der Waals surface area (Å²) in [5, 5.41) is 3.13. The Labute approximate surface area is 133 Å². The van der Waals surface area contributed by atoms with Crippen molar-refractivity contribution in [1.82, 2.24) is 0 Å². The molecule has 0 unspecified atom stereocenters. The third kappa shape index (κ3) is 3.98. The molecule has 4 nitrogen and oxygen atoms in total. The number of hydrogen-bond donors (Lipinski definition) is 2. The zero-order chi connectivity index (χ0) is 15.5. The summed E-state index contributed by atoms with van der Waals surface area (Å²) in [4.78, 5) is 0.237. The van der Waals surface area contributed by atoms with E-state index >= 15 is 0 Å². The van der Waals surface area contributed by atoms with Gasteiger partial charge in [0.2, 0.25) is 0 Å². The first-order valence-corrected chi connectivity index (χ1v) is 8.83. The highest BCUT2D eigenvalue weighted by Gasteiger charge is 2.14. The molecule has 2 rings (SSSR count). The largest absolute Gasteiger partial charge is 0.385 e. The molecule has 2 aromatic carbocycles. The van der Waals surface area contributed by atoms with Crippen LogP contribution in [0.25, 0.3) is 0 Å². The van der Waals surface area contributed by atoms with Gasteiger partial charge >= 0.3 is 0 Å². The van der Waals surface area contributed by atoms with Crippen molar-refractivity contribution in [3.05, 3.63) is 52.5 Å². The second-order valence-electron chi connectivity index (χ2n) is 4.62. The van der Waals surface area contributed by atoms with Crippen LogP contribution in [-0.2, 0) is 10.0 Å². The van der Waals surface area contributed by atoms with Crippen LogP contribution in [0.4, 0.5) is 11.4 Å². The van der Waals surface area contributed by atoms with Crippen LogP contribution in [0.1, 0.15) is 12.5 Å². The Bertz CT molecular complexity index is 728. The minimum absolute atomic E-state index is 0.237. The minimum atomic E-state index is -3.57. The van der Waals surface area contributed by atoms with E-state index in [1.54, 1.807) is 36.4 Å². The first-order chi connectivity index (χ1) is 9.92. The lowest BCUT2D eigenvalue weighted by Gasteiger charge is -2.10. The number of halogens is 1. The lowest BCUT2D eigenvalue weighted by molar-refractivity contribution is 0.601. The normalized spacial score (nSPS) is 11.2. The number of anilines is 2. The summed E-state index contributed by atoms with van der Waals surface area (Å²) < 4.78 is 28.1. The van der Waals surface area contributed by atoms with E-state index in [4.69, 9.17) is 0 Å². The van der Waals surface area contributed by atoms with Crippen LogP contribution >= 0.6 is 15.9 Å². The molecule has 6 heteroatoms. The van der Waals surface area contributed by atoms with E-state index in [2.05, 4.69) is 26.0 Å². The number of nitrogens with one attached hydrogen (secondary N) is 2. The summed E-state index contributed by atoms with van der Waals surface area (Å²) in [6.45, 7) is 4.73. The number of benzene rings is 2. The molecule has 0 bridgehead atoms. The Hall–Kier alpha value is -1.53. The Morgan fingerprint density at radius 2 is 1.67 bits per heavy atom. The molecule has 2 N–H and O–H groups in total. The number of hydrogen-bond acceptors (Lipinski definition) is 3. The molecule has 0 aromatic heterocycles. The quantitative estimate of drug-likeness (QED) is 0.838. The van der Waals surface area contributed by atoms with Gasteiger partial charge in [-0.25, -0.2) is 8.42 Å². The third-order valence-corrected chi connectivity index (χ3v) is 5.22. The van der Waals surface area contributed by atoms with Gasteiger partial charge in [0.15, 0.2) is 0 Å². The van der Waals surface area contributed by atoms with E-state index in [0.29, 0.717) is 5.69 Å². The second-order valence-corrected chi connectivity index (χ2v) is 7.16. The smallest absolute Gasteiger partial charge is 0.261 e. The maximum atomic E-state index is 12.3. The fourth-order valence-corrected chi connectivity index (χ4v) is 3.25. The Balaban J connectivity index is 2.23. The van der Waals surface area contributed by atoms with Gasteiger partial charge in [-0.3, -0.25) is 4.72 Å². The molecule has 0 atom stereocenters. The number of aryl methyl sites for hydroxylation is 1. The van der Waals surface area contributed by atoms with E-state index in [1.807, 2.05) is 19.9 Å². The first-order valence-electron chi connectivity index (χ1n) is 6.55. The van der Waals surface area contributed by atoms with Crippen molar-refractivity contribution in [2.45, 2.75) is 18.7 Å². The standard InChI is InChI=1S/C15H17BrN2O2S/c1-3-17-12-6-8-14(9-7-12)21(19,20)18-13-5-4-11(2)15(16)10-13/h4-10,17-18H,3H2,1-2H3. The molecule has 0 aliphatic carbocycles. The molecule has 0 saturated carbocycles. The van der Waals surface area contributed by atoms with Crippen molar-refractivity contribution in [2.75, 3.05) is 16.6 Å². The molecule has 0 radical (unpaired) electrons. The van der Waals surface area contributed by atoms with Crippen molar-refractivity contribution >= 4 is 37.3 Å². The predicted octanol–water partition coefficient (Wildman–Crippen LogP) is 3.99. The highest BCUT2D eigenvalue weighted by Crippen LogP contribution is 2.23. The SMILES string of the molecule is CCNc1ccc(S(=O)(=O)Nc2ccc(C)c(Br)c2)cc1. The van der Waals surface area contributed by atoms with Gasteiger partial charge in [-0.2, -0.15) is 0 Å². The maximum absolute atomic E-state index is 12.3. The lowest BCUT2D eigenvalue weighted by Crippen LogP contribution is -2.13. The average molecular weight is 369 g/mol. The van der Waals surface area contributed by atoms with Crippen LogP contribution in [-0.4, -0.2) is 15.0 Å². The van der Waals surface area contributed by atoms with Crippen LogP contribution in [0, 0.1) is 6.92 Å². The summed E-state index contributed by atoms with van der Waals surface area (Å²) in [5.74, 6) is 0. The average Bonchev–Trinajstić information content (AvgIpc) is 2.44. The first kappa shape index (κ1) is 15.9. The van der Waals surface area contributed by atoms with Gasteiger partial charge in [0, 0.05) is 22.4 Å². The van der Waals surface area contributed by atoms with Crippen molar-refractivity contribution in [3.8, 4) is 0 Å². The van der Waals surface area contributed by atoms with E-state index in [0.717, 1.165) is 22.3 Å². The molecule has 2 aromatic rings. The van der Waals surface area contributed by atoms with Gasteiger partial charge in [0.1, 0.15) is 0 Å². The van der Waals surface area contributed by atoms with Crippen LogP contribution in [0.5, 0.6) is 0 Å². The van der Waals surface area contributed by atoms with Gasteiger partial charge in [-0.15, -0.1) is 0 Å². The van der Waals surface area contributed by atoms with Crippen LogP contribution in [0.3, 0.4) is 0 Å². The van der Waals surface area contributed by atoms with Crippen molar-refractivity contribution < 1.29 is 8.42 Å². The van der Waals surface area contributed by atoms with E-state index < -0.39 is 10.0 Å². The van der Waals surface area contributed by atoms with E-state index in [-0.39, 0.29) is 4.90 Å². The van der Waals surface area contributed by atoms with E-state index in [9.17, 15) is 8.42 Å². The van der Waals surface area contributed by atoms with Gasteiger partial charge < -0.3 is 5.32 Å². The number of rotatable bonds is 5. The van der Waals surface area contributed by atoms with Crippen LogP contribution in [0.2, 0.25) is 0 Å². The summed E-state index contributed by atoms with van der Waals surface area (Å²) in [5.41, 5.74) is 2.48. The molecule has 0 fully saturated rings. The fraction of sp³-hybridized carbons (Fsp3) is 0.200. The van der Waals surface area contributed by atoms with Gasteiger partial charge in [0.25, 0.3) is 10.0 Å². The maximum Gasteiger partial charge on any atom is 0.261 e. The molecule has 0 heterocycles. The molecule has 0 amide bonds. The topological polar surface area (TPSA) is 58.2 Å². The highest BCUT2D eigenvalue weighted by atomic mass is 79.9. The van der Waals surface area contributed by atoms with Crippen molar-refractivity contribution in [1.29, 1.82) is 0 Å². The zero-order valence-corrected chi connectivity index (χ0v) is 14.3.